The zero-order valence-electron chi connectivity index (χ0n) is 15.1. The van der Waals surface area contributed by atoms with Crippen LogP contribution in [0.3, 0.4) is 0 Å². The van der Waals surface area contributed by atoms with Crippen LogP contribution in [0.4, 0.5) is 5.69 Å². The molecule has 7 nitrogen and oxygen atoms in total. The molecule has 2 heterocycles. The average Bonchev–Trinajstić information content (AvgIpc) is 2.68. The number of pyridine rings is 1. The van der Waals surface area contributed by atoms with Crippen LogP contribution in [0, 0.1) is 5.92 Å². The number of carbonyl (C=O) groups is 2. The first-order valence-corrected chi connectivity index (χ1v) is 10.1. The second-order valence-corrected chi connectivity index (χ2v) is 6.88. The number of hydrogen-bond donors (Lipinski definition) is 1. The van der Waals surface area contributed by atoms with E-state index in [2.05, 4.69) is 25.8 Å². The van der Waals surface area contributed by atoms with Crippen molar-refractivity contribution in [3.8, 4) is 0 Å². The van der Waals surface area contributed by atoms with Crippen molar-refractivity contribution in [2.45, 2.75) is 25.8 Å². The minimum Gasteiger partial charge on any atom is -0.464 e. The van der Waals surface area contributed by atoms with Crippen LogP contribution < -0.4 is 10.6 Å². The molecule has 1 amide bonds. The van der Waals surface area contributed by atoms with Crippen LogP contribution in [0.25, 0.3) is 0 Å². The number of nitrogens with two attached hydrogens (primary N) is 1. The van der Waals surface area contributed by atoms with E-state index in [9.17, 15) is 9.59 Å². The minimum atomic E-state index is -0.724. The molecule has 1 aromatic heterocycles. The molecule has 1 fully saturated rings. The van der Waals surface area contributed by atoms with Gasteiger partial charge in [-0.1, -0.05) is 15.9 Å². The molecule has 144 valence electrons. The third-order valence-corrected chi connectivity index (χ3v) is 5.17. The molecule has 1 atom stereocenters. The number of rotatable bonds is 8. The molecule has 2 N–H and O–H groups in total. The Morgan fingerprint density at radius 1 is 1.38 bits per heavy atom. The number of halogens is 1. The fourth-order valence-corrected chi connectivity index (χ4v) is 3.60. The Kier molecular flexibility index (Phi) is 8.31. The fourth-order valence-electron chi connectivity index (χ4n) is 3.28. The molecule has 1 saturated heterocycles. The molecule has 8 heteroatoms. The summed E-state index contributed by atoms with van der Waals surface area (Å²) in [4.78, 5) is 32.5. The molecule has 0 spiro atoms. The Morgan fingerprint density at radius 2 is 2.04 bits per heavy atom. The van der Waals surface area contributed by atoms with Gasteiger partial charge in [0.15, 0.2) is 0 Å². The normalized spacial score (nSPS) is 16.2. The summed E-state index contributed by atoms with van der Waals surface area (Å²) in [5, 5.41) is 0.165. The molecule has 2 rings (SSSR count). The molecule has 1 unspecified atom stereocenters. The van der Waals surface area contributed by atoms with E-state index in [4.69, 9.17) is 10.5 Å². The third kappa shape index (κ3) is 5.41. The van der Waals surface area contributed by atoms with E-state index < -0.39 is 12.0 Å². The molecule has 1 aliphatic heterocycles. The van der Waals surface area contributed by atoms with Crippen molar-refractivity contribution < 1.29 is 14.3 Å². The van der Waals surface area contributed by atoms with Crippen molar-refractivity contribution in [1.29, 1.82) is 0 Å². The molecule has 0 aromatic carbocycles. The van der Waals surface area contributed by atoms with E-state index in [-0.39, 0.29) is 24.4 Å². The van der Waals surface area contributed by atoms with Crippen LogP contribution in [0.15, 0.2) is 24.5 Å². The number of alkyl halides is 1. The highest BCUT2D eigenvalue weighted by molar-refractivity contribution is 9.09. The highest BCUT2D eigenvalue weighted by Crippen LogP contribution is 2.24. The summed E-state index contributed by atoms with van der Waals surface area (Å²) in [5.74, 6) is -0.233. The van der Waals surface area contributed by atoms with Crippen LogP contribution >= 0.6 is 15.9 Å². The SMILES string of the molecule is CCOC(=O)C(CN)N(CC1CCN(c2ccncc2)CC1)C(=O)CBr. The van der Waals surface area contributed by atoms with Gasteiger partial charge in [0, 0.05) is 44.3 Å². The van der Waals surface area contributed by atoms with Gasteiger partial charge in [-0.3, -0.25) is 9.78 Å². The first kappa shape index (κ1) is 20.6. The van der Waals surface area contributed by atoms with Gasteiger partial charge in [0.2, 0.25) is 5.91 Å². The highest BCUT2D eigenvalue weighted by atomic mass is 79.9. The molecule has 0 saturated carbocycles. The van der Waals surface area contributed by atoms with Gasteiger partial charge >= 0.3 is 5.97 Å². The van der Waals surface area contributed by atoms with Gasteiger partial charge in [-0.2, -0.15) is 0 Å². The van der Waals surface area contributed by atoms with Crippen LogP contribution in [0.2, 0.25) is 0 Å². The van der Waals surface area contributed by atoms with Crippen molar-refractivity contribution in [2.24, 2.45) is 11.7 Å². The summed E-state index contributed by atoms with van der Waals surface area (Å²) in [6.45, 7) is 4.44. The van der Waals surface area contributed by atoms with Gasteiger partial charge in [0.05, 0.1) is 11.9 Å². The van der Waals surface area contributed by atoms with E-state index in [0.717, 1.165) is 31.6 Å². The number of hydrogen-bond acceptors (Lipinski definition) is 6. The van der Waals surface area contributed by atoms with Gasteiger partial charge in [-0.15, -0.1) is 0 Å². The van der Waals surface area contributed by atoms with Crippen LogP contribution in [-0.2, 0) is 14.3 Å². The molecule has 1 aromatic rings. The number of nitrogens with zero attached hydrogens (tertiary/aromatic N) is 3. The van der Waals surface area contributed by atoms with Gasteiger partial charge in [-0.05, 0) is 37.8 Å². The Hall–Kier alpha value is -1.67. The fraction of sp³-hybridized carbons (Fsp3) is 0.611. The average molecular weight is 427 g/mol. The maximum Gasteiger partial charge on any atom is 0.330 e. The lowest BCUT2D eigenvalue weighted by atomic mass is 9.95. The summed E-state index contributed by atoms with van der Waals surface area (Å²) < 4.78 is 5.09. The molecule has 1 aliphatic rings. The van der Waals surface area contributed by atoms with Gasteiger partial charge in [0.25, 0.3) is 0 Å². The minimum absolute atomic E-state index is 0.0629. The quantitative estimate of drug-likeness (QED) is 0.499. The van der Waals surface area contributed by atoms with E-state index in [1.807, 2.05) is 12.1 Å². The molecule has 0 radical (unpaired) electrons. The third-order valence-electron chi connectivity index (χ3n) is 4.69. The lowest BCUT2D eigenvalue weighted by Gasteiger charge is -2.37. The van der Waals surface area contributed by atoms with Crippen molar-refractivity contribution in [3.05, 3.63) is 24.5 Å². The maximum atomic E-state index is 12.4. The second-order valence-electron chi connectivity index (χ2n) is 6.32. The van der Waals surface area contributed by atoms with Crippen molar-refractivity contribution in [2.75, 3.05) is 43.0 Å². The number of esters is 1. The van der Waals surface area contributed by atoms with E-state index in [1.165, 1.54) is 0 Å². The van der Waals surface area contributed by atoms with E-state index in [0.29, 0.717) is 12.5 Å². The maximum absolute atomic E-state index is 12.4. The lowest BCUT2D eigenvalue weighted by molar-refractivity contribution is -0.154. The Balaban J connectivity index is 1.98. The van der Waals surface area contributed by atoms with Crippen LogP contribution in [-0.4, -0.2) is 65.9 Å². The second kappa shape index (κ2) is 10.5. The lowest BCUT2D eigenvalue weighted by Crippen LogP contribution is -2.53. The summed E-state index contributed by atoms with van der Waals surface area (Å²) in [6.07, 6.45) is 5.50. The first-order valence-electron chi connectivity index (χ1n) is 8.97. The Labute approximate surface area is 163 Å². The molecular formula is C18H27BrN4O3. The van der Waals surface area contributed by atoms with Crippen molar-refractivity contribution >= 4 is 33.5 Å². The number of carbonyl (C=O) groups excluding carboxylic acids is 2. The number of piperidine rings is 1. The van der Waals surface area contributed by atoms with Gasteiger partial charge in [0.1, 0.15) is 6.04 Å². The highest BCUT2D eigenvalue weighted by Gasteiger charge is 2.32. The zero-order chi connectivity index (χ0) is 18.9. The summed E-state index contributed by atoms with van der Waals surface area (Å²) in [7, 11) is 0. The number of amides is 1. The van der Waals surface area contributed by atoms with Crippen LogP contribution in [0.1, 0.15) is 19.8 Å². The van der Waals surface area contributed by atoms with Crippen LogP contribution in [0.5, 0.6) is 0 Å². The summed E-state index contributed by atoms with van der Waals surface area (Å²) >= 11 is 3.21. The van der Waals surface area contributed by atoms with Crippen molar-refractivity contribution in [1.82, 2.24) is 9.88 Å². The first-order chi connectivity index (χ1) is 12.6. The molecule has 26 heavy (non-hydrogen) atoms. The predicted octanol–water partition coefficient (Wildman–Crippen LogP) is 1.41. The van der Waals surface area contributed by atoms with Gasteiger partial charge < -0.3 is 20.3 Å². The standard InChI is InChI=1S/C18H27BrN4O3/c1-2-26-18(25)16(12-20)23(17(24)11-19)13-14-5-9-22(10-6-14)15-3-7-21-8-4-15/h3-4,7-8,14,16H,2,5-6,9-13,20H2,1H3. The largest absolute Gasteiger partial charge is 0.464 e. The number of ether oxygens (including phenoxy) is 1. The molecule has 0 aliphatic carbocycles. The molecular weight excluding hydrogens is 400 g/mol. The Bertz CT molecular complexity index is 579. The topological polar surface area (TPSA) is 88.8 Å². The predicted molar refractivity (Wildman–Crippen MR) is 104 cm³/mol. The summed E-state index contributed by atoms with van der Waals surface area (Å²) in [5.41, 5.74) is 6.94. The monoisotopic (exact) mass is 426 g/mol. The summed E-state index contributed by atoms with van der Waals surface area (Å²) in [6, 6.07) is 3.29. The van der Waals surface area contributed by atoms with E-state index >= 15 is 0 Å². The number of anilines is 1. The Morgan fingerprint density at radius 3 is 2.58 bits per heavy atom. The number of aromatic nitrogens is 1. The van der Waals surface area contributed by atoms with E-state index in [1.54, 1.807) is 24.2 Å². The van der Waals surface area contributed by atoms with Crippen molar-refractivity contribution in [3.63, 3.8) is 0 Å². The smallest absolute Gasteiger partial charge is 0.330 e. The molecule has 0 bridgehead atoms. The van der Waals surface area contributed by atoms with Gasteiger partial charge in [-0.25, -0.2) is 4.79 Å². The zero-order valence-corrected chi connectivity index (χ0v) is 16.7.